The van der Waals surface area contributed by atoms with Crippen LogP contribution in [0.4, 0.5) is 4.39 Å². The van der Waals surface area contributed by atoms with Gasteiger partial charge in [0.15, 0.2) is 23.4 Å². The Bertz CT molecular complexity index is 826. The molecule has 0 spiro atoms. The molecule has 0 fully saturated rings. The number of phenols is 1. The van der Waals surface area contributed by atoms with Crippen LogP contribution in [-0.4, -0.2) is 36.8 Å². The first-order chi connectivity index (χ1) is 12.6. The molecule has 2 aromatic rings. The molecule has 27 heavy (non-hydrogen) atoms. The van der Waals surface area contributed by atoms with Crippen LogP contribution in [0.5, 0.6) is 11.5 Å². The van der Waals surface area contributed by atoms with Crippen LogP contribution in [0.25, 0.3) is 11.3 Å². The van der Waals surface area contributed by atoms with Gasteiger partial charge in [0, 0.05) is 19.8 Å². The molecule has 5 nitrogen and oxygen atoms in total. The number of nitrogens with zero attached hydrogens (tertiary/aromatic N) is 1. The lowest BCUT2D eigenvalue weighted by molar-refractivity contribution is -0.150. The maximum atomic E-state index is 14.0. The lowest BCUT2D eigenvalue weighted by atomic mass is 10.1. The van der Waals surface area contributed by atoms with Crippen molar-refractivity contribution in [3.05, 3.63) is 41.3 Å². The highest BCUT2D eigenvalue weighted by molar-refractivity contribution is 6.76. The van der Waals surface area contributed by atoms with Crippen molar-refractivity contribution >= 4 is 25.6 Å². The van der Waals surface area contributed by atoms with E-state index in [9.17, 15) is 14.3 Å². The fraction of sp³-hybridized carbons (Fsp3) is 0.368. The van der Waals surface area contributed by atoms with E-state index in [1.807, 2.05) is 0 Å². The van der Waals surface area contributed by atoms with Crippen molar-refractivity contribution in [2.24, 2.45) is 0 Å². The van der Waals surface area contributed by atoms with E-state index < -0.39 is 26.0 Å². The smallest absolute Gasteiger partial charge is 0.347 e. The van der Waals surface area contributed by atoms with Crippen LogP contribution in [0, 0.1) is 5.82 Å². The Morgan fingerprint density at radius 2 is 2.04 bits per heavy atom. The van der Waals surface area contributed by atoms with Gasteiger partial charge in [-0.25, -0.2) is 9.18 Å². The zero-order chi connectivity index (χ0) is 20.2. The van der Waals surface area contributed by atoms with Crippen molar-refractivity contribution in [1.82, 2.24) is 4.98 Å². The van der Waals surface area contributed by atoms with Crippen LogP contribution in [0.2, 0.25) is 30.7 Å². The maximum Gasteiger partial charge on any atom is 0.347 e. The van der Waals surface area contributed by atoms with E-state index in [0.717, 1.165) is 12.1 Å². The van der Waals surface area contributed by atoms with Crippen molar-refractivity contribution in [3.8, 4) is 22.8 Å². The number of hydrogen-bond donors (Lipinski definition) is 1. The lowest BCUT2D eigenvalue weighted by Crippen LogP contribution is -2.29. The molecule has 0 aliphatic carbocycles. The molecule has 2 rings (SSSR count). The van der Waals surface area contributed by atoms with Crippen molar-refractivity contribution in [2.75, 3.05) is 6.61 Å². The van der Waals surface area contributed by atoms with Gasteiger partial charge < -0.3 is 14.6 Å². The van der Waals surface area contributed by atoms with E-state index in [1.165, 1.54) is 24.4 Å². The Labute approximate surface area is 164 Å². The van der Waals surface area contributed by atoms with Gasteiger partial charge in [-0.15, -0.1) is 0 Å². The summed E-state index contributed by atoms with van der Waals surface area (Å²) in [5, 5.41) is 10.3. The average molecular weight is 412 g/mol. The SMILES string of the molecule is C[C@@H](Oc1ccc(-c2ncc(Cl)cc2F)cc1O)C(=O)OCC[Si](C)(C)C. The number of hydrogen-bond acceptors (Lipinski definition) is 5. The number of carbonyl (C=O) groups is 1. The summed E-state index contributed by atoms with van der Waals surface area (Å²) in [4.78, 5) is 16.0. The summed E-state index contributed by atoms with van der Waals surface area (Å²) in [5.74, 6) is -1.23. The highest BCUT2D eigenvalue weighted by Crippen LogP contribution is 2.33. The first-order valence-corrected chi connectivity index (χ1v) is 12.6. The normalized spacial score (nSPS) is 12.5. The molecule has 1 aromatic carbocycles. The average Bonchev–Trinajstić information content (AvgIpc) is 2.55. The zero-order valence-electron chi connectivity index (χ0n) is 15.8. The minimum Gasteiger partial charge on any atom is -0.504 e. The topological polar surface area (TPSA) is 68.7 Å². The van der Waals surface area contributed by atoms with E-state index in [1.54, 1.807) is 6.92 Å². The number of esters is 1. The van der Waals surface area contributed by atoms with Crippen molar-refractivity contribution in [3.63, 3.8) is 0 Å². The number of aromatic nitrogens is 1. The molecule has 8 heteroatoms. The standard InChI is InChI=1S/C19H23ClFNO4Si/c1-12(19(24)25-7-8-27(2,3)4)26-17-6-5-13(9-16(17)23)18-15(21)10-14(20)11-22-18/h5-6,9-12,23H,7-8H2,1-4H3/t12-/m1/s1. The van der Waals surface area contributed by atoms with E-state index in [-0.39, 0.29) is 22.2 Å². The quantitative estimate of drug-likeness (QED) is 0.518. The Hall–Kier alpha value is -2.12. The number of aromatic hydroxyl groups is 1. The van der Waals surface area contributed by atoms with Gasteiger partial charge in [0.05, 0.1) is 11.6 Å². The fourth-order valence-electron chi connectivity index (χ4n) is 2.21. The monoisotopic (exact) mass is 411 g/mol. The highest BCUT2D eigenvalue weighted by Gasteiger charge is 2.20. The van der Waals surface area contributed by atoms with Crippen LogP contribution in [-0.2, 0) is 9.53 Å². The predicted octanol–water partition coefficient (Wildman–Crippen LogP) is 4.90. The fourth-order valence-corrected chi connectivity index (χ4v) is 3.06. The minimum absolute atomic E-state index is 0.0556. The highest BCUT2D eigenvalue weighted by atomic mass is 35.5. The third kappa shape index (κ3) is 6.22. The van der Waals surface area contributed by atoms with Crippen molar-refractivity contribution in [1.29, 1.82) is 0 Å². The summed E-state index contributed by atoms with van der Waals surface area (Å²) in [7, 11) is -1.29. The Kier molecular flexibility index (Phi) is 6.83. The second-order valence-corrected chi connectivity index (χ2v) is 13.5. The number of phenolic OH excluding ortho intramolecular Hbond substituents is 1. The molecule has 0 aliphatic rings. The number of halogens is 2. The first-order valence-electron chi connectivity index (χ1n) is 8.54. The molecule has 0 aliphatic heterocycles. The van der Waals surface area contributed by atoms with Crippen LogP contribution in [0.3, 0.4) is 0 Å². The second kappa shape index (κ2) is 8.71. The maximum absolute atomic E-state index is 14.0. The molecule has 0 bridgehead atoms. The molecule has 0 amide bonds. The van der Waals surface area contributed by atoms with Crippen molar-refractivity contribution in [2.45, 2.75) is 38.7 Å². The first kappa shape index (κ1) is 21.2. The molecule has 146 valence electrons. The third-order valence-corrected chi connectivity index (χ3v) is 5.68. The summed E-state index contributed by atoms with van der Waals surface area (Å²) >= 11 is 5.70. The molecule has 0 unspecified atom stereocenters. The van der Waals surface area contributed by atoms with Gasteiger partial charge in [-0.1, -0.05) is 31.2 Å². The van der Waals surface area contributed by atoms with Crippen LogP contribution in [0.1, 0.15) is 6.92 Å². The predicted molar refractivity (Wildman–Crippen MR) is 106 cm³/mol. The van der Waals surface area contributed by atoms with Gasteiger partial charge in [-0.3, -0.25) is 4.98 Å². The number of ether oxygens (including phenoxy) is 2. The summed E-state index contributed by atoms with van der Waals surface area (Å²) in [6, 6.07) is 6.32. The van der Waals surface area contributed by atoms with E-state index >= 15 is 0 Å². The van der Waals surface area contributed by atoms with E-state index in [0.29, 0.717) is 12.2 Å². The Balaban J connectivity index is 2.04. The molecule has 0 saturated carbocycles. The molecule has 1 atom stereocenters. The largest absolute Gasteiger partial charge is 0.504 e. The van der Waals surface area contributed by atoms with E-state index in [2.05, 4.69) is 24.6 Å². The molecule has 1 N–H and O–H groups in total. The number of rotatable bonds is 7. The summed E-state index contributed by atoms with van der Waals surface area (Å²) in [5.41, 5.74) is 0.416. The second-order valence-electron chi connectivity index (χ2n) is 7.40. The molecule has 1 heterocycles. The molecule has 0 saturated heterocycles. The van der Waals surface area contributed by atoms with Crippen LogP contribution < -0.4 is 4.74 Å². The number of pyridine rings is 1. The van der Waals surface area contributed by atoms with Gasteiger partial charge in [0.25, 0.3) is 0 Å². The molecular formula is C19H23ClFNO4Si. The molecule has 0 radical (unpaired) electrons. The van der Waals surface area contributed by atoms with Gasteiger partial charge in [0.2, 0.25) is 0 Å². The van der Waals surface area contributed by atoms with Gasteiger partial charge in [0.1, 0.15) is 5.69 Å². The van der Waals surface area contributed by atoms with Gasteiger partial charge in [-0.2, -0.15) is 0 Å². The molecular weight excluding hydrogens is 389 g/mol. The number of benzene rings is 1. The van der Waals surface area contributed by atoms with Crippen LogP contribution >= 0.6 is 11.6 Å². The summed E-state index contributed by atoms with van der Waals surface area (Å²) < 4.78 is 24.7. The summed E-state index contributed by atoms with van der Waals surface area (Å²) in [6.45, 7) is 8.48. The van der Waals surface area contributed by atoms with Crippen molar-refractivity contribution < 1.29 is 23.8 Å². The van der Waals surface area contributed by atoms with E-state index in [4.69, 9.17) is 21.1 Å². The lowest BCUT2D eigenvalue weighted by Gasteiger charge is -2.18. The third-order valence-electron chi connectivity index (χ3n) is 3.77. The number of carbonyl (C=O) groups excluding carboxylic acids is 1. The summed E-state index contributed by atoms with van der Waals surface area (Å²) in [6.07, 6.45) is 0.439. The Morgan fingerprint density at radius 1 is 1.33 bits per heavy atom. The minimum atomic E-state index is -1.29. The van der Waals surface area contributed by atoms with Gasteiger partial charge >= 0.3 is 5.97 Å². The molecule has 1 aromatic heterocycles. The van der Waals surface area contributed by atoms with Crippen LogP contribution in [0.15, 0.2) is 30.5 Å². The van der Waals surface area contributed by atoms with Gasteiger partial charge in [-0.05, 0) is 37.2 Å². The zero-order valence-corrected chi connectivity index (χ0v) is 17.5. The Morgan fingerprint density at radius 3 is 2.63 bits per heavy atom.